The minimum Gasteiger partial charge on any atom is -0.467 e. The third-order valence-electron chi connectivity index (χ3n) is 6.12. The number of esters is 1. The van der Waals surface area contributed by atoms with E-state index >= 15 is 0 Å². The van der Waals surface area contributed by atoms with Crippen LogP contribution < -0.4 is 0 Å². The average molecular weight is 446 g/mol. The van der Waals surface area contributed by atoms with Gasteiger partial charge in [0.15, 0.2) is 5.54 Å². The van der Waals surface area contributed by atoms with E-state index in [4.69, 9.17) is 9.73 Å². The maximum Gasteiger partial charge on any atom is 0.334 e. The van der Waals surface area contributed by atoms with Gasteiger partial charge in [-0.3, -0.25) is 4.99 Å². The summed E-state index contributed by atoms with van der Waals surface area (Å²) in [5.74, 6) is 0.468. The molecule has 0 aliphatic carbocycles. The lowest BCUT2D eigenvalue weighted by Crippen LogP contribution is -2.54. The number of benzene rings is 3. The lowest BCUT2D eigenvalue weighted by molar-refractivity contribution is -0.149. The highest BCUT2D eigenvalue weighted by molar-refractivity contribution is 7.98. The van der Waals surface area contributed by atoms with Gasteiger partial charge < -0.3 is 4.74 Å². The molecule has 3 aromatic carbocycles. The van der Waals surface area contributed by atoms with Crippen molar-refractivity contribution in [3.8, 4) is 0 Å². The van der Waals surface area contributed by atoms with Gasteiger partial charge in [0.05, 0.1) is 12.8 Å². The van der Waals surface area contributed by atoms with Crippen molar-refractivity contribution in [1.29, 1.82) is 0 Å². The number of carbonyl (C=O) groups is 1. The van der Waals surface area contributed by atoms with Gasteiger partial charge in [-0.2, -0.15) is 11.8 Å². The molecule has 0 bridgehead atoms. The Morgan fingerprint density at radius 2 is 1.31 bits per heavy atom. The van der Waals surface area contributed by atoms with Crippen LogP contribution in [0.5, 0.6) is 0 Å². The molecule has 0 amide bonds. The van der Waals surface area contributed by atoms with E-state index in [1.54, 1.807) is 11.8 Å². The monoisotopic (exact) mass is 445 g/mol. The number of nitrogens with zero attached hydrogens (tertiary/aromatic N) is 1. The summed E-state index contributed by atoms with van der Waals surface area (Å²) >= 11 is 1.71. The van der Waals surface area contributed by atoms with Crippen molar-refractivity contribution >= 4 is 23.4 Å². The number of methoxy groups -OCH3 is 1. The summed E-state index contributed by atoms with van der Waals surface area (Å²) in [6, 6.07) is 30.3. The molecular weight excluding hydrogens is 414 g/mol. The smallest absolute Gasteiger partial charge is 0.334 e. The number of hydrogen-bond donors (Lipinski definition) is 0. The second-order valence-corrected chi connectivity index (χ2v) is 9.26. The molecule has 0 spiro atoms. The van der Waals surface area contributed by atoms with Crippen LogP contribution in [-0.4, -0.2) is 36.3 Å². The Balaban J connectivity index is 2.34. The summed E-state index contributed by atoms with van der Waals surface area (Å²) in [6.07, 6.45) is 2.61. The number of carbonyl (C=O) groups excluding carboxylic acids is 1. The zero-order valence-corrected chi connectivity index (χ0v) is 20.1. The fourth-order valence-corrected chi connectivity index (χ4v) is 4.60. The Morgan fingerprint density at radius 3 is 1.75 bits per heavy atom. The van der Waals surface area contributed by atoms with E-state index < -0.39 is 11.0 Å². The molecule has 0 N–H and O–H groups in total. The second kappa shape index (κ2) is 10.6. The lowest BCUT2D eigenvalue weighted by Gasteiger charge is -2.42. The molecule has 166 valence electrons. The molecule has 4 heteroatoms. The molecule has 0 saturated carbocycles. The van der Waals surface area contributed by atoms with Crippen LogP contribution in [0.15, 0.2) is 96.0 Å². The number of thioether (sulfide) groups is 1. The van der Waals surface area contributed by atoms with Gasteiger partial charge in [-0.05, 0) is 24.0 Å². The maximum absolute atomic E-state index is 13.6. The van der Waals surface area contributed by atoms with Gasteiger partial charge in [-0.15, -0.1) is 0 Å². The van der Waals surface area contributed by atoms with Gasteiger partial charge in [0.1, 0.15) is 0 Å². The van der Waals surface area contributed by atoms with Crippen LogP contribution in [0.2, 0.25) is 0 Å². The summed E-state index contributed by atoms with van der Waals surface area (Å²) in [6.45, 7) is 4.19. The van der Waals surface area contributed by atoms with E-state index in [0.29, 0.717) is 6.42 Å². The number of rotatable bonds is 9. The molecule has 0 heterocycles. The van der Waals surface area contributed by atoms with Crippen LogP contribution in [0.3, 0.4) is 0 Å². The molecular formula is C28H31NO2S. The highest BCUT2D eigenvalue weighted by Crippen LogP contribution is 2.43. The molecule has 1 unspecified atom stereocenters. The van der Waals surface area contributed by atoms with Crippen LogP contribution in [0, 0.1) is 0 Å². The van der Waals surface area contributed by atoms with Gasteiger partial charge >= 0.3 is 5.97 Å². The molecule has 0 aromatic heterocycles. The summed E-state index contributed by atoms with van der Waals surface area (Å²) in [4.78, 5) is 19.0. The van der Waals surface area contributed by atoms with Crippen molar-refractivity contribution in [2.45, 2.75) is 31.2 Å². The number of hydrogen-bond acceptors (Lipinski definition) is 4. The van der Waals surface area contributed by atoms with Gasteiger partial charge in [-0.25, -0.2) is 4.79 Å². The van der Waals surface area contributed by atoms with Crippen LogP contribution in [0.4, 0.5) is 0 Å². The quantitative estimate of drug-likeness (QED) is 0.292. The lowest BCUT2D eigenvalue weighted by atomic mass is 9.66. The fourth-order valence-electron chi connectivity index (χ4n) is 4.10. The normalized spacial score (nSPS) is 13.1. The summed E-state index contributed by atoms with van der Waals surface area (Å²) in [7, 11) is 1.46. The molecule has 32 heavy (non-hydrogen) atoms. The molecule has 0 aliphatic rings. The molecule has 0 fully saturated rings. The van der Waals surface area contributed by atoms with E-state index in [-0.39, 0.29) is 5.97 Å². The van der Waals surface area contributed by atoms with E-state index in [9.17, 15) is 4.79 Å². The Bertz CT molecular complexity index is 991. The van der Waals surface area contributed by atoms with Gasteiger partial charge in [-0.1, -0.05) is 105 Å². The van der Waals surface area contributed by atoms with E-state index in [1.807, 2.05) is 78.9 Å². The third kappa shape index (κ3) is 4.81. The Kier molecular flexibility index (Phi) is 7.92. The van der Waals surface area contributed by atoms with E-state index in [1.165, 1.54) is 7.11 Å². The summed E-state index contributed by atoms with van der Waals surface area (Å²) < 4.78 is 5.44. The average Bonchev–Trinajstić information content (AvgIpc) is 2.85. The number of aliphatic imine (C=N–C) groups is 1. The summed E-state index contributed by atoms with van der Waals surface area (Å²) in [5, 5.41) is 0. The molecule has 3 rings (SSSR count). The first-order valence-electron chi connectivity index (χ1n) is 10.8. The standard InChI is InChI=1S/C28H31NO2S/c1-27(2,24-18-12-7-13-19-24)28(20-21-32-4,26(30)31-3)29-25(22-14-8-5-9-15-22)23-16-10-6-11-17-23/h5-19H,20-21H2,1-4H3. The van der Waals surface area contributed by atoms with Gasteiger partial charge in [0, 0.05) is 16.5 Å². The Hall–Kier alpha value is -2.85. The molecule has 0 radical (unpaired) electrons. The zero-order chi connectivity index (χ0) is 23.0. The second-order valence-electron chi connectivity index (χ2n) is 8.28. The fraction of sp³-hybridized carbons (Fsp3) is 0.286. The third-order valence-corrected chi connectivity index (χ3v) is 6.73. The first-order valence-corrected chi connectivity index (χ1v) is 12.2. The minimum absolute atomic E-state index is 0.315. The van der Waals surface area contributed by atoms with E-state index in [0.717, 1.165) is 28.2 Å². The molecule has 0 saturated heterocycles. The number of ether oxygens (including phenoxy) is 1. The first-order chi connectivity index (χ1) is 15.5. The zero-order valence-electron chi connectivity index (χ0n) is 19.2. The Morgan fingerprint density at radius 1 is 0.844 bits per heavy atom. The topological polar surface area (TPSA) is 38.7 Å². The van der Waals surface area contributed by atoms with E-state index in [2.05, 4.69) is 32.2 Å². The van der Waals surface area contributed by atoms with Crippen molar-refractivity contribution in [3.63, 3.8) is 0 Å². The molecule has 3 aromatic rings. The molecule has 1 atom stereocenters. The van der Waals surface area contributed by atoms with Crippen LogP contribution in [0.1, 0.15) is 37.0 Å². The highest BCUT2D eigenvalue weighted by Gasteiger charge is 2.53. The maximum atomic E-state index is 13.6. The Labute approximate surface area is 195 Å². The van der Waals surface area contributed by atoms with Gasteiger partial charge in [0.25, 0.3) is 0 Å². The predicted molar refractivity (Wildman–Crippen MR) is 136 cm³/mol. The van der Waals surface area contributed by atoms with Crippen molar-refractivity contribution in [3.05, 3.63) is 108 Å². The van der Waals surface area contributed by atoms with Gasteiger partial charge in [0.2, 0.25) is 0 Å². The molecule has 0 aliphatic heterocycles. The summed E-state index contributed by atoms with van der Waals surface area (Å²) in [5.41, 5.74) is 2.08. The van der Waals surface area contributed by atoms with Crippen molar-refractivity contribution in [1.82, 2.24) is 0 Å². The predicted octanol–water partition coefficient (Wildman–Crippen LogP) is 6.17. The molecule has 3 nitrogen and oxygen atoms in total. The largest absolute Gasteiger partial charge is 0.467 e. The van der Waals surface area contributed by atoms with Crippen molar-refractivity contribution in [2.75, 3.05) is 19.1 Å². The minimum atomic E-state index is -1.10. The highest BCUT2D eigenvalue weighted by atomic mass is 32.2. The van der Waals surface area contributed by atoms with Crippen LogP contribution in [-0.2, 0) is 14.9 Å². The van der Waals surface area contributed by atoms with Crippen LogP contribution >= 0.6 is 11.8 Å². The van der Waals surface area contributed by atoms with Crippen LogP contribution in [0.25, 0.3) is 0 Å². The first kappa shape index (κ1) is 23.8. The van der Waals surface area contributed by atoms with Crippen molar-refractivity contribution in [2.24, 2.45) is 4.99 Å². The SMILES string of the molecule is COC(=O)C(CCSC)(N=C(c1ccccc1)c1ccccc1)C(C)(C)c1ccccc1. The van der Waals surface area contributed by atoms with Crippen molar-refractivity contribution < 1.29 is 9.53 Å².